The number of unbranched alkanes of at least 4 members (excludes halogenated alkanes) is 1. The minimum absolute atomic E-state index is 0. The maximum atomic E-state index is 10.3. The molecule has 0 bridgehead atoms. The van der Waals surface area contributed by atoms with Gasteiger partial charge in [-0.1, -0.05) is 33.6 Å². The van der Waals surface area contributed by atoms with Gasteiger partial charge in [-0.05, 0) is 18.3 Å². The number of hydrogen-bond donors (Lipinski definition) is 0. The Labute approximate surface area is 110 Å². The van der Waals surface area contributed by atoms with Gasteiger partial charge in [0.25, 0.3) is 0 Å². The second-order valence-corrected chi connectivity index (χ2v) is 5.76. The van der Waals surface area contributed by atoms with Crippen LogP contribution >= 0.6 is 0 Å². The smallest absolute Gasteiger partial charge is 0.748 e. The largest absolute Gasteiger partial charge is 1.00 e. The van der Waals surface area contributed by atoms with Gasteiger partial charge in [-0.15, -0.1) is 0 Å². The maximum absolute atomic E-state index is 10.3. The summed E-state index contributed by atoms with van der Waals surface area (Å²) in [6.07, 6.45) is 3.38. The molecule has 0 saturated heterocycles. The Morgan fingerprint density at radius 2 is 1.71 bits per heavy atom. The van der Waals surface area contributed by atoms with Crippen molar-refractivity contribution in [3.63, 3.8) is 0 Å². The molecule has 0 saturated carbocycles. The molecule has 0 spiro atoms. The van der Waals surface area contributed by atoms with E-state index in [0.717, 1.165) is 19.3 Å². The van der Waals surface area contributed by atoms with Gasteiger partial charge in [0.05, 0.1) is 10.1 Å². The van der Waals surface area contributed by atoms with Crippen LogP contribution in [0.3, 0.4) is 0 Å². The molecule has 0 N–H and O–H groups in total. The van der Waals surface area contributed by atoms with Crippen molar-refractivity contribution >= 4 is 10.1 Å². The SMILES string of the molecule is CCC(C)(C)CCCCS(=O)(=O)[O-].[Na+]. The van der Waals surface area contributed by atoms with Gasteiger partial charge in [-0.3, -0.25) is 0 Å². The third kappa shape index (κ3) is 11.0. The van der Waals surface area contributed by atoms with Gasteiger partial charge < -0.3 is 4.55 Å². The van der Waals surface area contributed by atoms with Gasteiger partial charge in [-0.25, -0.2) is 8.42 Å². The summed E-state index contributed by atoms with van der Waals surface area (Å²) in [6.45, 7) is 6.42. The second-order valence-electron chi connectivity index (χ2n) is 4.24. The van der Waals surface area contributed by atoms with E-state index in [1.54, 1.807) is 0 Å². The van der Waals surface area contributed by atoms with E-state index in [1.807, 2.05) is 0 Å². The summed E-state index contributed by atoms with van der Waals surface area (Å²) in [5.41, 5.74) is 0.270. The molecule has 0 aliphatic carbocycles. The average Bonchev–Trinajstić information content (AvgIpc) is 1.97. The average molecular weight is 230 g/mol. The molecule has 0 fully saturated rings. The molecule has 0 aliphatic heterocycles. The van der Waals surface area contributed by atoms with Crippen molar-refractivity contribution in [3.05, 3.63) is 0 Å². The van der Waals surface area contributed by atoms with Crippen molar-refractivity contribution in [1.82, 2.24) is 0 Å². The maximum Gasteiger partial charge on any atom is 1.00 e. The molecule has 0 aromatic rings. The number of rotatable bonds is 6. The van der Waals surface area contributed by atoms with Crippen LogP contribution in [0, 0.1) is 5.41 Å². The topological polar surface area (TPSA) is 57.2 Å². The Morgan fingerprint density at radius 3 is 2.07 bits per heavy atom. The van der Waals surface area contributed by atoms with Crippen LogP contribution in [0.2, 0.25) is 0 Å². The van der Waals surface area contributed by atoms with Crippen molar-refractivity contribution in [1.29, 1.82) is 0 Å². The summed E-state index contributed by atoms with van der Waals surface area (Å²) < 4.78 is 30.8. The molecular weight excluding hydrogens is 211 g/mol. The van der Waals surface area contributed by atoms with E-state index < -0.39 is 10.1 Å². The van der Waals surface area contributed by atoms with Crippen LogP contribution in [-0.4, -0.2) is 18.7 Å². The first-order chi connectivity index (χ1) is 5.77. The fourth-order valence-corrected chi connectivity index (χ4v) is 1.62. The minimum Gasteiger partial charge on any atom is -0.748 e. The first-order valence-electron chi connectivity index (χ1n) is 4.70. The van der Waals surface area contributed by atoms with E-state index in [1.165, 1.54) is 0 Å². The van der Waals surface area contributed by atoms with Crippen molar-refractivity contribution < 1.29 is 42.5 Å². The fourth-order valence-electron chi connectivity index (χ4n) is 1.06. The standard InChI is InChI=1S/C9H20O3S.Na/c1-4-9(2,3)7-5-6-8-13(10,11)12;/h4-8H2,1-3H3,(H,10,11,12);/q;+1/p-1. The molecule has 80 valence electrons. The minimum atomic E-state index is -4.00. The van der Waals surface area contributed by atoms with Crippen molar-refractivity contribution in [3.8, 4) is 0 Å². The van der Waals surface area contributed by atoms with Gasteiger partial charge in [0, 0.05) is 5.75 Å². The van der Waals surface area contributed by atoms with Gasteiger partial charge >= 0.3 is 29.6 Å². The molecular formula is C9H19NaO3S. The van der Waals surface area contributed by atoms with Crippen LogP contribution < -0.4 is 29.6 Å². The van der Waals surface area contributed by atoms with Crippen LogP contribution in [-0.2, 0) is 10.1 Å². The zero-order valence-electron chi connectivity index (χ0n) is 9.67. The van der Waals surface area contributed by atoms with Gasteiger partial charge in [0.1, 0.15) is 0 Å². The third-order valence-electron chi connectivity index (χ3n) is 2.45. The van der Waals surface area contributed by atoms with Crippen molar-refractivity contribution in [2.75, 3.05) is 5.75 Å². The van der Waals surface area contributed by atoms with Crippen LogP contribution in [0.25, 0.3) is 0 Å². The first kappa shape index (κ1) is 17.3. The third-order valence-corrected chi connectivity index (χ3v) is 3.24. The summed E-state index contributed by atoms with van der Waals surface area (Å²) in [5.74, 6) is -0.215. The summed E-state index contributed by atoms with van der Waals surface area (Å²) in [5, 5.41) is 0. The van der Waals surface area contributed by atoms with Crippen LogP contribution in [0.4, 0.5) is 0 Å². The quantitative estimate of drug-likeness (QED) is 0.339. The summed E-state index contributed by atoms with van der Waals surface area (Å²) in [7, 11) is -4.00. The first-order valence-corrected chi connectivity index (χ1v) is 6.28. The normalized spacial score (nSPS) is 12.3. The summed E-state index contributed by atoms with van der Waals surface area (Å²) in [6, 6.07) is 0. The predicted octanol–water partition coefficient (Wildman–Crippen LogP) is -0.858. The Balaban J connectivity index is 0. The fraction of sp³-hybridized carbons (Fsp3) is 1.00. The zero-order valence-corrected chi connectivity index (χ0v) is 12.5. The summed E-state index contributed by atoms with van der Waals surface area (Å²) >= 11 is 0. The molecule has 0 amide bonds. The van der Waals surface area contributed by atoms with E-state index in [4.69, 9.17) is 0 Å². The monoisotopic (exact) mass is 230 g/mol. The molecule has 0 aliphatic rings. The zero-order chi connectivity index (χ0) is 10.5. The Hall–Kier alpha value is 0.910. The van der Waals surface area contributed by atoms with Crippen molar-refractivity contribution in [2.45, 2.75) is 46.5 Å². The Morgan fingerprint density at radius 1 is 1.21 bits per heavy atom. The molecule has 0 unspecified atom stereocenters. The van der Waals surface area contributed by atoms with Gasteiger partial charge in [0.15, 0.2) is 0 Å². The van der Waals surface area contributed by atoms with E-state index >= 15 is 0 Å². The number of hydrogen-bond acceptors (Lipinski definition) is 3. The second kappa shape index (κ2) is 7.23. The molecule has 3 nitrogen and oxygen atoms in total. The van der Waals surface area contributed by atoms with E-state index in [9.17, 15) is 13.0 Å². The molecule has 14 heavy (non-hydrogen) atoms. The van der Waals surface area contributed by atoms with Crippen LogP contribution in [0.15, 0.2) is 0 Å². The van der Waals surface area contributed by atoms with E-state index in [2.05, 4.69) is 20.8 Å². The van der Waals surface area contributed by atoms with E-state index in [-0.39, 0.29) is 40.7 Å². The molecule has 0 atom stereocenters. The predicted molar refractivity (Wildman–Crippen MR) is 52.5 cm³/mol. The van der Waals surface area contributed by atoms with Crippen LogP contribution in [0.1, 0.15) is 46.5 Å². The molecule has 0 aromatic carbocycles. The Kier molecular flexibility index (Phi) is 8.94. The van der Waals surface area contributed by atoms with Crippen molar-refractivity contribution in [2.24, 2.45) is 5.41 Å². The molecule has 0 radical (unpaired) electrons. The van der Waals surface area contributed by atoms with Gasteiger partial charge in [-0.2, -0.15) is 0 Å². The Bertz CT molecular complexity index is 234. The molecule has 5 heteroatoms. The van der Waals surface area contributed by atoms with Gasteiger partial charge in [0.2, 0.25) is 0 Å². The van der Waals surface area contributed by atoms with E-state index in [0.29, 0.717) is 6.42 Å². The van der Waals surface area contributed by atoms with Crippen LogP contribution in [0.5, 0.6) is 0 Å². The molecule has 0 aromatic heterocycles. The summed E-state index contributed by atoms with van der Waals surface area (Å²) in [4.78, 5) is 0. The molecule has 0 heterocycles. The molecule has 0 rings (SSSR count).